The van der Waals surface area contributed by atoms with Crippen LogP contribution in [0.2, 0.25) is 0 Å². The number of hydrogen-bond acceptors (Lipinski definition) is 8. The largest absolute Gasteiger partial charge is 0.477 e. The van der Waals surface area contributed by atoms with Gasteiger partial charge in [0.2, 0.25) is 11.8 Å². The second-order valence-electron chi connectivity index (χ2n) is 7.92. The number of amides is 2. The summed E-state index contributed by atoms with van der Waals surface area (Å²) in [4.78, 5) is 48.5. The van der Waals surface area contributed by atoms with Crippen molar-refractivity contribution in [2.24, 2.45) is 22.6 Å². The Labute approximate surface area is 193 Å². The van der Waals surface area contributed by atoms with E-state index in [4.69, 9.17) is 5.73 Å². The molecule has 1 saturated heterocycles. The van der Waals surface area contributed by atoms with E-state index in [0.717, 1.165) is 11.8 Å². The maximum absolute atomic E-state index is 12.4. The van der Waals surface area contributed by atoms with Gasteiger partial charge in [0, 0.05) is 30.3 Å². The number of guanidine groups is 1. The van der Waals surface area contributed by atoms with Gasteiger partial charge in [0.05, 0.1) is 18.1 Å². The number of nitrogens with zero attached hydrogens (tertiary/aromatic N) is 4. The molecule has 0 radical (unpaired) electrons. The van der Waals surface area contributed by atoms with Gasteiger partial charge in [-0.2, -0.15) is 0 Å². The quantitative estimate of drug-likeness (QED) is 0.248. The Kier molecular flexibility index (Phi) is 6.81. The Hall–Kier alpha value is -2.64. The number of β-lactam (4-membered cyclic amide) rings is 1. The summed E-state index contributed by atoms with van der Waals surface area (Å²) in [6, 6.07) is -1.12. The van der Waals surface area contributed by atoms with Crippen LogP contribution in [0.5, 0.6) is 0 Å². The van der Waals surface area contributed by atoms with E-state index in [1.165, 1.54) is 23.2 Å². The number of nitrogens with one attached hydrogen (secondary N) is 1. The molecule has 1 aromatic rings. The van der Waals surface area contributed by atoms with Crippen molar-refractivity contribution in [3.05, 3.63) is 16.0 Å². The molecule has 1 fully saturated rings. The van der Waals surface area contributed by atoms with E-state index < -0.39 is 30.1 Å². The third kappa shape index (κ3) is 4.32. The number of rotatable bonds is 7. The summed E-state index contributed by atoms with van der Waals surface area (Å²) in [7, 11) is 3.44. The van der Waals surface area contributed by atoms with Crippen LogP contribution in [0, 0.1) is 11.8 Å². The molecule has 174 valence electrons. The monoisotopic (exact) mass is 482 g/mol. The van der Waals surface area contributed by atoms with Crippen molar-refractivity contribution in [3.63, 3.8) is 0 Å². The van der Waals surface area contributed by atoms with Gasteiger partial charge in [-0.05, 0) is 13.8 Å². The number of carbonyl (C=O) groups excluding carboxylic acids is 2. The molecule has 13 heteroatoms. The first-order chi connectivity index (χ1) is 14.9. The molecule has 0 aliphatic carbocycles. The topological polar surface area (TPSA) is 161 Å². The fraction of sp³-hybridized carbons (Fsp3) is 0.526. The van der Waals surface area contributed by atoms with Gasteiger partial charge in [-0.15, -0.1) is 11.3 Å². The fourth-order valence-corrected chi connectivity index (χ4v) is 5.74. The number of fused-ring (bicyclic) bond motifs is 1. The molecule has 0 saturated carbocycles. The first kappa shape index (κ1) is 24.0. The highest BCUT2D eigenvalue weighted by atomic mass is 32.2. The van der Waals surface area contributed by atoms with Crippen LogP contribution in [-0.4, -0.2) is 81.0 Å². The summed E-state index contributed by atoms with van der Waals surface area (Å²) in [5.41, 5.74) is 5.67. The molecule has 2 amide bonds. The number of aliphatic imine (C=N–C) groups is 1. The number of aliphatic hydroxyl groups excluding tert-OH is 1. The molecule has 0 aromatic carbocycles. The Morgan fingerprint density at radius 2 is 2.06 bits per heavy atom. The lowest BCUT2D eigenvalue weighted by Gasteiger charge is -2.46. The highest BCUT2D eigenvalue weighted by Crippen LogP contribution is 2.52. The van der Waals surface area contributed by atoms with E-state index in [0.29, 0.717) is 15.1 Å². The van der Waals surface area contributed by atoms with Gasteiger partial charge in [-0.3, -0.25) is 9.59 Å². The fourth-order valence-electron chi connectivity index (χ4n) is 3.72. The van der Waals surface area contributed by atoms with Gasteiger partial charge in [0.15, 0.2) is 10.3 Å². The van der Waals surface area contributed by atoms with Crippen molar-refractivity contribution >= 4 is 52.7 Å². The van der Waals surface area contributed by atoms with Crippen LogP contribution in [-0.2, 0) is 14.4 Å². The highest BCUT2D eigenvalue weighted by Gasteiger charge is 2.60. The molecule has 0 spiro atoms. The normalized spacial score (nSPS) is 24.7. The van der Waals surface area contributed by atoms with Crippen molar-refractivity contribution in [3.8, 4) is 0 Å². The lowest BCUT2D eigenvalue weighted by Crippen LogP contribution is -2.63. The Bertz CT molecular complexity index is 1000. The molecule has 2 aliphatic rings. The number of anilines is 1. The third-order valence-corrected chi connectivity index (χ3v) is 7.63. The molecular weight excluding hydrogens is 456 g/mol. The number of carboxylic acids is 1. The van der Waals surface area contributed by atoms with Gasteiger partial charge in [0.25, 0.3) is 0 Å². The number of thioether (sulfide) groups is 1. The molecule has 1 unspecified atom stereocenters. The van der Waals surface area contributed by atoms with Crippen molar-refractivity contribution in [1.82, 2.24) is 14.8 Å². The van der Waals surface area contributed by atoms with E-state index in [1.807, 2.05) is 6.92 Å². The summed E-state index contributed by atoms with van der Waals surface area (Å²) >= 11 is 2.40. The lowest BCUT2D eigenvalue weighted by atomic mass is 9.79. The SMILES string of the molecule is CC(N=C(N)N(C)C)C(=O)Nc1csc(SC2=C(C(=O)O)N3C(=O)[C@H]([C@@H](C)O)[C@H]3[C@H]2C)n1. The number of aliphatic hydroxyl groups is 1. The summed E-state index contributed by atoms with van der Waals surface area (Å²) in [6.45, 7) is 4.98. The van der Waals surface area contributed by atoms with Gasteiger partial charge in [-0.1, -0.05) is 18.7 Å². The molecule has 5 N–H and O–H groups in total. The zero-order valence-corrected chi connectivity index (χ0v) is 19.9. The van der Waals surface area contributed by atoms with E-state index in [2.05, 4.69) is 15.3 Å². The molecule has 11 nitrogen and oxygen atoms in total. The summed E-state index contributed by atoms with van der Waals surface area (Å²) < 4.78 is 0.522. The Morgan fingerprint density at radius 3 is 2.62 bits per heavy atom. The van der Waals surface area contributed by atoms with Crippen molar-refractivity contribution in [2.45, 2.75) is 43.3 Å². The van der Waals surface area contributed by atoms with Crippen molar-refractivity contribution in [1.29, 1.82) is 0 Å². The molecule has 3 rings (SSSR count). The number of aliphatic carboxylic acids is 1. The lowest BCUT2D eigenvalue weighted by molar-refractivity contribution is -0.163. The van der Waals surface area contributed by atoms with Crippen LogP contribution in [0.25, 0.3) is 0 Å². The number of aromatic nitrogens is 1. The molecule has 0 bridgehead atoms. The number of carboxylic acid groups (broad SMARTS) is 1. The first-order valence-electron chi connectivity index (χ1n) is 9.87. The van der Waals surface area contributed by atoms with Crippen LogP contribution in [0.1, 0.15) is 20.8 Å². The average molecular weight is 483 g/mol. The molecule has 3 heterocycles. The second-order valence-corrected chi connectivity index (χ2v) is 10.1. The number of hydrogen-bond donors (Lipinski definition) is 4. The number of thiazole rings is 1. The summed E-state index contributed by atoms with van der Waals surface area (Å²) in [5, 5.41) is 24.0. The highest BCUT2D eigenvalue weighted by molar-refractivity contribution is 8.04. The summed E-state index contributed by atoms with van der Waals surface area (Å²) in [6.07, 6.45) is -0.863. The minimum absolute atomic E-state index is 0.0719. The van der Waals surface area contributed by atoms with Gasteiger partial charge in [-0.25, -0.2) is 14.8 Å². The Balaban J connectivity index is 1.75. The van der Waals surface area contributed by atoms with Crippen molar-refractivity contribution < 1.29 is 24.6 Å². The molecular formula is C19H26N6O5S2. The van der Waals surface area contributed by atoms with Crippen LogP contribution in [0.4, 0.5) is 5.82 Å². The van der Waals surface area contributed by atoms with Crippen LogP contribution in [0.15, 0.2) is 25.3 Å². The first-order valence-corrected chi connectivity index (χ1v) is 11.6. The minimum atomic E-state index is -1.20. The predicted molar refractivity (Wildman–Crippen MR) is 121 cm³/mol. The zero-order valence-electron chi connectivity index (χ0n) is 18.3. The molecule has 1 aromatic heterocycles. The van der Waals surface area contributed by atoms with E-state index in [1.54, 1.807) is 31.3 Å². The summed E-state index contributed by atoms with van der Waals surface area (Å²) in [5.74, 6) is -2.32. The standard InChI is InChI=1S/C19H26N6O5S2/c1-7-12-11(9(3)26)16(28)25(12)13(17(29)30)14(7)32-19-23-10(6-31-19)22-15(27)8(2)21-18(20)24(4)5/h6-9,11-12,26H,1-5H3,(H2,20,21)(H,22,27)(H,29,30)/t7-,8?,9-,11-,12-/m1/s1. The third-order valence-electron chi connectivity index (χ3n) is 5.41. The Morgan fingerprint density at radius 1 is 1.41 bits per heavy atom. The second kappa shape index (κ2) is 9.08. The smallest absolute Gasteiger partial charge is 0.353 e. The molecule has 32 heavy (non-hydrogen) atoms. The number of nitrogens with two attached hydrogens (primary N) is 1. The predicted octanol–water partition coefficient (Wildman–Crippen LogP) is 0.592. The van der Waals surface area contributed by atoms with Gasteiger partial charge < -0.3 is 31.1 Å². The maximum atomic E-state index is 12.4. The maximum Gasteiger partial charge on any atom is 0.353 e. The average Bonchev–Trinajstić information content (AvgIpc) is 3.22. The minimum Gasteiger partial charge on any atom is -0.477 e. The number of carbonyl (C=O) groups is 3. The molecule has 2 aliphatic heterocycles. The van der Waals surface area contributed by atoms with E-state index in [-0.39, 0.29) is 29.4 Å². The zero-order chi connectivity index (χ0) is 23.9. The van der Waals surface area contributed by atoms with Crippen LogP contribution < -0.4 is 11.1 Å². The van der Waals surface area contributed by atoms with E-state index in [9.17, 15) is 24.6 Å². The van der Waals surface area contributed by atoms with Gasteiger partial charge in [0.1, 0.15) is 17.6 Å². The van der Waals surface area contributed by atoms with Gasteiger partial charge >= 0.3 is 5.97 Å². The van der Waals surface area contributed by atoms with Crippen molar-refractivity contribution in [2.75, 3.05) is 19.4 Å². The van der Waals surface area contributed by atoms with Crippen LogP contribution in [0.3, 0.4) is 0 Å². The van der Waals surface area contributed by atoms with E-state index >= 15 is 0 Å². The molecule has 5 atom stereocenters. The van der Waals surface area contributed by atoms with Crippen LogP contribution >= 0.6 is 23.1 Å².